The SMILES string of the molecule is CCCN(C(=O)C(C)CN)C1CC(OCC)C12CCCC2. The van der Waals surface area contributed by atoms with Gasteiger partial charge in [0.2, 0.25) is 5.91 Å². The standard InChI is InChI=1S/C17H32N2O2/c1-4-10-19(16(20)13(3)12-18)14-11-15(21-5-2)17(14)8-6-7-9-17/h13-15H,4-12,18H2,1-3H3. The van der Waals surface area contributed by atoms with Crippen LogP contribution in [0.4, 0.5) is 0 Å². The van der Waals surface area contributed by atoms with E-state index in [4.69, 9.17) is 10.5 Å². The van der Waals surface area contributed by atoms with Gasteiger partial charge in [0.05, 0.1) is 6.10 Å². The second-order valence-corrected chi connectivity index (χ2v) is 6.80. The lowest BCUT2D eigenvalue weighted by Crippen LogP contribution is -2.65. The van der Waals surface area contributed by atoms with Crippen LogP contribution in [0.3, 0.4) is 0 Å². The first-order valence-electron chi connectivity index (χ1n) is 8.72. The molecule has 2 fully saturated rings. The first-order valence-corrected chi connectivity index (χ1v) is 8.72. The number of nitrogens with zero attached hydrogens (tertiary/aromatic N) is 1. The van der Waals surface area contributed by atoms with Crippen LogP contribution in [-0.4, -0.2) is 42.6 Å². The van der Waals surface area contributed by atoms with Crippen molar-refractivity contribution in [1.29, 1.82) is 0 Å². The highest BCUT2D eigenvalue weighted by Crippen LogP contribution is 2.56. The number of carbonyl (C=O) groups is 1. The number of ether oxygens (including phenoxy) is 1. The second kappa shape index (κ2) is 7.10. The van der Waals surface area contributed by atoms with Gasteiger partial charge in [-0.3, -0.25) is 4.79 Å². The molecule has 4 heteroatoms. The highest BCUT2D eigenvalue weighted by molar-refractivity contribution is 5.79. The zero-order valence-electron chi connectivity index (χ0n) is 13.9. The Morgan fingerprint density at radius 3 is 2.57 bits per heavy atom. The van der Waals surface area contributed by atoms with E-state index in [0.29, 0.717) is 18.7 Å². The molecule has 0 saturated heterocycles. The molecule has 0 aliphatic heterocycles. The maximum atomic E-state index is 12.7. The summed E-state index contributed by atoms with van der Waals surface area (Å²) in [4.78, 5) is 14.8. The van der Waals surface area contributed by atoms with Crippen molar-refractivity contribution in [1.82, 2.24) is 4.90 Å². The fourth-order valence-electron chi connectivity index (χ4n) is 4.33. The van der Waals surface area contributed by atoms with Gasteiger partial charge in [-0.05, 0) is 32.6 Å². The van der Waals surface area contributed by atoms with Crippen molar-refractivity contribution in [3.8, 4) is 0 Å². The molecule has 0 heterocycles. The number of amides is 1. The highest BCUT2D eigenvalue weighted by atomic mass is 16.5. The molecule has 2 aliphatic rings. The van der Waals surface area contributed by atoms with Crippen molar-refractivity contribution in [3.05, 3.63) is 0 Å². The number of nitrogens with two attached hydrogens (primary N) is 1. The normalized spacial score (nSPS) is 28.4. The summed E-state index contributed by atoms with van der Waals surface area (Å²) in [7, 11) is 0. The summed E-state index contributed by atoms with van der Waals surface area (Å²) >= 11 is 0. The maximum absolute atomic E-state index is 12.7. The molecule has 0 aromatic rings. The van der Waals surface area contributed by atoms with Crippen molar-refractivity contribution >= 4 is 5.91 Å². The van der Waals surface area contributed by atoms with Gasteiger partial charge in [-0.1, -0.05) is 26.7 Å². The van der Waals surface area contributed by atoms with Gasteiger partial charge >= 0.3 is 0 Å². The predicted octanol–water partition coefficient (Wildman–Crippen LogP) is 2.56. The fraction of sp³-hybridized carbons (Fsp3) is 0.941. The summed E-state index contributed by atoms with van der Waals surface area (Å²) < 4.78 is 5.98. The molecule has 2 rings (SSSR count). The van der Waals surface area contributed by atoms with Crippen LogP contribution < -0.4 is 5.73 Å². The van der Waals surface area contributed by atoms with E-state index in [1.54, 1.807) is 0 Å². The van der Waals surface area contributed by atoms with E-state index in [1.807, 2.05) is 6.92 Å². The average Bonchev–Trinajstić information content (AvgIpc) is 3.00. The maximum Gasteiger partial charge on any atom is 0.226 e. The molecule has 0 bridgehead atoms. The predicted molar refractivity (Wildman–Crippen MR) is 84.9 cm³/mol. The smallest absolute Gasteiger partial charge is 0.226 e. The minimum absolute atomic E-state index is 0.0684. The molecule has 2 saturated carbocycles. The van der Waals surface area contributed by atoms with Gasteiger partial charge in [0.15, 0.2) is 0 Å². The molecule has 122 valence electrons. The lowest BCUT2D eigenvalue weighted by molar-refractivity contribution is -0.178. The van der Waals surface area contributed by atoms with Crippen LogP contribution in [0.15, 0.2) is 0 Å². The van der Waals surface area contributed by atoms with E-state index in [0.717, 1.165) is 26.0 Å². The third kappa shape index (κ3) is 2.98. The van der Waals surface area contributed by atoms with Crippen LogP contribution in [0, 0.1) is 11.3 Å². The fourth-order valence-corrected chi connectivity index (χ4v) is 4.33. The molecule has 1 amide bonds. The van der Waals surface area contributed by atoms with Crippen molar-refractivity contribution in [2.24, 2.45) is 17.1 Å². The van der Waals surface area contributed by atoms with Crippen LogP contribution in [0.2, 0.25) is 0 Å². The molecule has 1 spiro atoms. The molecule has 21 heavy (non-hydrogen) atoms. The topological polar surface area (TPSA) is 55.6 Å². The Kier molecular flexibility index (Phi) is 5.67. The summed E-state index contributed by atoms with van der Waals surface area (Å²) in [5.74, 6) is 0.173. The first kappa shape index (κ1) is 16.8. The van der Waals surface area contributed by atoms with Gasteiger partial charge in [0.1, 0.15) is 0 Å². The van der Waals surface area contributed by atoms with Crippen LogP contribution in [-0.2, 0) is 9.53 Å². The van der Waals surface area contributed by atoms with E-state index in [-0.39, 0.29) is 17.2 Å². The Balaban J connectivity index is 2.15. The van der Waals surface area contributed by atoms with Gasteiger partial charge in [0, 0.05) is 37.1 Å². The van der Waals surface area contributed by atoms with Gasteiger partial charge in [-0.15, -0.1) is 0 Å². The van der Waals surface area contributed by atoms with Gasteiger partial charge in [-0.2, -0.15) is 0 Å². The van der Waals surface area contributed by atoms with Crippen LogP contribution in [0.25, 0.3) is 0 Å². The summed E-state index contributed by atoms with van der Waals surface area (Å²) in [5.41, 5.74) is 5.95. The van der Waals surface area contributed by atoms with Crippen LogP contribution in [0.1, 0.15) is 59.3 Å². The molecule has 4 nitrogen and oxygen atoms in total. The largest absolute Gasteiger partial charge is 0.378 e. The molecule has 2 N–H and O–H groups in total. The Bertz CT molecular complexity index is 353. The van der Waals surface area contributed by atoms with E-state index >= 15 is 0 Å². The van der Waals surface area contributed by atoms with E-state index in [9.17, 15) is 4.79 Å². The zero-order valence-corrected chi connectivity index (χ0v) is 13.9. The van der Waals surface area contributed by atoms with Gasteiger partial charge < -0.3 is 15.4 Å². The van der Waals surface area contributed by atoms with Crippen molar-refractivity contribution in [3.63, 3.8) is 0 Å². The van der Waals surface area contributed by atoms with Crippen molar-refractivity contribution in [2.45, 2.75) is 71.4 Å². The minimum Gasteiger partial charge on any atom is -0.378 e. The van der Waals surface area contributed by atoms with Gasteiger partial charge in [-0.25, -0.2) is 0 Å². The van der Waals surface area contributed by atoms with E-state index < -0.39 is 0 Å². The molecule has 2 aliphatic carbocycles. The monoisotopic (exact) mass is 296 g/mol. The average molecular weight is 296 g/mol. The molecule has 0 aromatic heterocycles. The zero-order chi connectivity index (χ0) is 15.5. The third-order valence-electron chi connectivity index (χ3n) is 5.54. The Labute approximate surface area is 129 Å². The third-order valence-corrected chi connectivity index (χ3v) is 5.54. The van der Waals surface area contributed by atoms with Crippen molar-refractivity contribution < 1.29 is 9.53 Å². The number of hydrogen-bond donors (Lipinski definition) is 1. The summed E-state index contributed by atoms with van der Waals surface area (Å²) in [6.45, 7) is 8.24. The first-order chi connectivity index (χ1) is 10.1. The quantitative estimate of drug-likeness (QED) is 0.785. The summed E-state index contributed by atoms with van der Waals surface area (Å²) in [5, 5.41) is 0. The number of hydrogen-bond acceptors (Lipinski definition) is 3. The van der Waals surface area contributed by atoms with Gasteiger partial charge in [0.25, 0.3) is 0 Å². The Morgan fingerprint density at radius 2 is 2.05 bits per heavy atom. The summed E-state index contributed by atoms with van der Waals surface area (Å²) in [6.07, 6.45) is 7.36. The van der Waals surface area contributed by atoms with Crippen LogP contribution in [0.5, 0.6) is 0 Å². The molecule has 0 radical (unpaired) electrons. The molecule has 3 unspecified atom stereocenters. The van der Waals surface area contributed by atoms with E-state index in [1.165, 1.54) is 25.7 Å². The lowest BCUT2D eigenvalue weighted by atomic mass is 9.59. The Hall–Kier alpha value is -0.610. The lowest BCUT2D eigenvalue weighted by Gasteiger charge is -2.58. The van der Waals surface area contributed by atoms with Crippen LogP contribution >= 0.6 is 0 Å². The Morgan fingerprint density at radius 1 is 1.38 bits per heavy atom. The summed E-state index contributed by atoms with van der Waals surface area (Å²) in [6, 6.07) is 0.373. The highest BCUT2D eigenvalue weighted by Gasteiger charge is 2.59. The minimum atomic E-state index is -0.0684. The van der Waals surface area contributed by atoms with E-state index in [2.05, 4.69) is 18.7 Å². The number of rotatable bonds is 7. The molecule has 0 aromatic carbocycles. The van der Waals surface area contributed by atoms with Crippen molar-refractivity contribution in [2.75, 3.05) is 19.7 Å². The molecule has 3 atom stereocenters. The second-order valence-electron chi connectivity index (χ2n) is 6.80. The molecular formula is C17H32N2O2. The number of carbonyl (C=O) groups excluding carboxylic acids is 1. The molecular weight excluding hydrogens is 264 g/mol.